The summed E-state index contributed by atoms with van der Waals surface area (Å²) in [5.41, 5.74) is 0.567. The van der Waals surface area contributed by atoms with Gasteiger partial charge in [-0.1, -0.05) is 0 Å². The molecule has 0 spiro atoms. The lowest BCUT2D eigenvalue weighted by atomic mass is 9.99. The third-order valence-electron chi connectivity index (χ3n) is 3.88. The van der Waals surface area contributed by atoms with E-state index in [1.165, 1.54) is 4.88 Å². The molecule has 1 aliphatic heterocycles. The number of anilines is 1. The van der Waals surface area contributed by atoms with Crippen molar-refractivity contribution in [3.8, 4) is 0 Å². The normalized spacial score (nSPS) is 28.2. The van der Waals surface area contributed by atoms with Gasteiger partial charge in [-0.25, -0.2) is 4.98 Å². The number of aliphatic hydroxyl groups excluding tert-OH is 1. The third kappa shape index (κ3) is 2.71. The lowest BCUT2D eigenvalue weighted by molar-refractivity contribution is -0.133. The van der Waals surface area contributed by atoms with Gasteiger partial charge in [0.05, 0.1) is 23.0 Å². The fraction of sp³-hybridized carbons (Fsp3) is 0.800. The van der Waals surface area contributed by atoms with E-state index in [1.54, 1.807) is 11.3 Å². The molecule has 1 N–H and O–H groups in total. The van der Waals surface area contributed by atoms with Crippen molar-refractivity contribution in [2.24, 2.45) is 0 Å². The predicted molar refractivity (Wildman–Crippen MR) is 81.5 cm³/mol. The van der Waals surface area contributed by atoms with Gasteiger partial charge >= 0.3 is 0 Å². The number of hydrogen-bond acceptors (Lipinski definition) is 5. The van der Waals surface area contributed by atoms with Gasteiger partial charge in [0.15, 0.2) is 5.13 Å². The van der Waals surface area contributed by atoms with E-state index in [9.17, 15) is 5.11 Å². The van der Waals surface area contributed by atoms with Crippen molar-refractivity contribution in [1.29, 1.82) is 0 Å². The molecule has 0 radical (unpaired) electrons. The Bertz CT molecular complexity index is 494. The second kappa shape index (κ2) is 4.68. The molecule has 1 aromatic heterocycles. The summed E-state index contributed by atoms with van der Waals surface area (Å²) in [6.07, 6.45) is 2.60. The second-order valence-corrected chi connectivity index (χ2v) is 8.25. The highest BCUT2D eigenvalue weighted by Crippen LogP contribution is 2.39. The first-order valence-electron chi connectivity index (χ1n) is 7.39. The summed E-state index contributed by atoms with van der Waals surface area (Å²) in [5.74, 6) is 0. The third-order valence-corrected chi connectivity index (χ3v) is 5.07. The average Bonchev–Trinajstić information content (AvgIpc) is 2.70. The number of nitrogens with zero attached hydrogens (tertiary/aromatic N) is 2. The first-order valence-corrected chi connectivity index (χ1v) is 8.20. The average molecular weight is 296 g/mol. The second-order valence-electron chi connectivity index (χ2n) is 7.19. The minimum absolute atomic E-state index is 0.174. The summed E-state index contributed by atoms with van der Waals surface area (Å²) in [4.78, 5) is 8.31. The molecule has 0 amide bonds. The summed E-state index contributed by atoms with van der Waals surface area (Å²) < 4.78 is 6.12. The zero-order chi connectivity index (χ0) is 14.5. The topological polar surface area (TPSA) is 45.6 Å². The highest BCUT2D eigenvalue weighted by molar-refractivity contribution is 7.15. The van der Waals surface area contributed by atoms with Crippen LogP contribution in [0, 0.1) is 0 Å². The Morgan fingerprint density at radius 3 is 2.50 bits per heavy atom. The van der Waals surface area contributed by atoms with Gasteiger partial charge < -0.3 is 14.7 Å². The molecule has 0 saturated carbocycles. The molecular weight excluding hydrogens is 272 g/mol. The van der Waals surface area contributed by atoms with Gasteiger partial charge in [-0.3, -0.25) is 0 Å². The quantitative estimate of drug-likeness (QED) is 0.865. The number of ether oxygens (including phenoxy) is 1. The van der Waals surface area contributed by atoms with Crippen molar-refractivity contribution < 1.29 is 9.84 Å². The molecular formula is C15H24N2O2S. The van der Waals surface area contributed by atoms with E-state index >= 15 is 0 Å². The smallest absolute Gasteiger partial charge is 0.186 e. The van der Waals surface area contributed by atoms with Gasteiger partial charge in [0, 0.05) is 18.0 Å². The molecule has 2 heterocycles. The Morgan fingerprint density at radius 1 is 1.25 bits per heavy atom. The molecule has 1 aliphatic carbocycles. The van der Waals surface area contributed by atoms with Gasteiger partial charge in [-0.15, -0.1) is 11.3 Å². The van der Waals surface area contributed by atoms with Crippen LogP contribution in [0.25, 0.3) is 0 Å². The molecule has 1 aromatic rings. The molecule has 5 heteroatoms. The zero-order valence-electron chi connectivity index (χ0n) is 12.8. The van der Waals surface area contributed by atoms with Gasteiger partial charge in [0.25, 0.3) is 0 Å². The number of rotatable bonds is 1. The summed E-state index contributed by atoms with van der Waals surface area (Å²) in [6, 6.07) is 0. The van der Waals surface area contributed by atoms with Crippen molar-refractivity contribution in [2.45, 2.75) is 64.3 Å². The van der Waals surface area contributed by atoms with Crippen LogP contribution in [0.5, 0.6) is 0 Å². The number of aliphatic hydroxyl groups is 1. The van der Waals surface area contributed by atoms with E-state index in [0.29, 0.717) is 0 Å². The van der Waals surface area contributed by atoms with Crippen molar-refractivity contribution >= 4 is 16.5 Å². The van der Waals surface area contributed by atoms with E-state index in [0.717, 1.165) is 43.2 Å². The van der Waals surface area contributed by atoms with Gasteiger partial charge in [0.2, 0.25) is 0 Å². The monoisotopic (exact) mass is 296 g/mol. The Morgan fingerprint density at radius 2 is 1.90 bits per heavy atom. The molecule has 20 heavy (non-hydrogen) atoms. The number of hydrogen-bond donors (Lipinski definition) is 1. The largest absolute Gasteiger partial charge is 0.387 e. The van der Waals surface area contributed by atoms with Crippen LogP contribution in [-0.2, 0) is 11.2 Å². The van der Waals surface area contributed by atoms with E-state index in [2.05, 4.69) is 32.6 Å². The Balaban J connectivity index is 1.89. The fourth-order valence-electron chi connectivity index (χ4n) is 3.44. The van der Waals surface area contributed by atoms with Crippen LogP contribution in [0.3, 0.4) is 0 Å². The first-order chi connectivity index (χ1) is 9.26. The van der Waals surface area contributed by atoms with Gasteiger partial charge in [-0.2, -0.15) is 0 Å². The maximum Gasteiger partial charge on any atom is 0.186 e. The predicted octanol–water partition coefficient (Wildman–Crippen LogP) is 2.91. The lowest BCUT2D eigenvalue weighted by Gasteiger charge is -2.47. The highest BCUT2D eigenvalue weighted by Gasteiger charge is 2.39. The molecule has 1 fully saturated rings. The van der Waals surface area contributed by atoms with Crippen LogP contribution < -0.4 is 4.90 Å². The van der Waals surface area contributed by atoms with E-state index in [-0.39, 0.29) is 17.3 Å². The molecule has 0 aromatic carbocycles. The Kier molecular flexibility index (Phi) is 3.35. The van der Waals surface area contributed by atoms with Crippen molar-refractivity contribution in [3.05, 3.63) is 10.6 Å². The van der Waals surface area contributed by atoms with Crippen molar-refractivity contribution in [1.82, 2.24) is 4.98 Å². The molecule has 2 aliphatic rings. The molecule has 112 valence electrons. The van der Waals surface area contributed by atoms with Crippen molar-refractivity contribution in [2.75, 3.05) is 18.0 Å². The molecule has 3 rings (SSSR count). The summed E-state index contributed by atoms with van der Waals surface area (Å²) >= 11 is 1.75. The minimum atomic E-state index is -0.370. The Labute approximate surface area is 124 Å². The molecule has 1 atom stereocenters. The maximum absolute atomic E-state index is 10.1. The molecule has 1 saturated heterocycles. The van der Waals surface area contributed by atoms with Crippen LogP contribution in [0.2, 0.25) is 0 Å². The molecule has 1 unspecified atom stereocenters. The van der Waals surface area contributed by atoms with E-state index < -0.39 is 0 Å². The van der Waals surface area contributed by atoms with Crippen LogP contribution >= 0.6 is 11.3 Å². The highest BCUT2D eigenvalue weighted by atomic mass is 32.1. The van der Waals surface area contributed by atoms with E-state index in [1.807, 2.05) is 0 Å². The Hall–Kier alpha value is -0.650. The minimum Gasteiger partial charge on any atom is -0.387 e. The van der Waals surface area contributed by atoms with Crippen molar-refractivity contribution in [3.63, 3.8) is 0 Å². The fourth-order valence-corrected chi connectivity index (χ4v) is 4.60. The standard InChI is InChI=1S/C15H24N2O2S/c1-14(2)8-17(9-15(3,4)19-14)13-16-12-10(18)6-5-7-11(12)20-13/h10,18H,5-9H2,1-4H3. The maximum atomic E-state index is 10.1. The lowest BCUT2D eigenvalue weighted by Crippen LogP contribution is -2.57. The number of aromatic nitrogens is 1. The number of fused-ring (bicyclic) bond motifs is 1. The van der Waals surface area contributed by atoms with Gasteiger partial charge in [0.1, 0.15) is 0 Å². The summed E-state index contributed by atoms with van der Waals surface area (Å²) in [5, 5.41) is 11.1. The summed E-state index contributed by atoms with van der Waals surface area (Å²) in [6.45, 7) is 10.2. The number of thiazole rings is 1. The summed E-state index contributed by atoms with van der Waals surface area (Å²) in [7, 11) is 0. The van der Waals surface area contributed by atoms with E-state index in [4.69, 9.17) is 9.72 Å². The van der Waals surface area contributed by atoms with Crippen LogP contribution in [0.4, 0.5) is 5.13 Å². The van der Waals surface area contributed by atoms with Crippen LogP contribution in [-0.4, -0.2) is 34.4 Å². The van der Waals surface area contributed by atoms with Crippen LogP contribution in [0.15, 0.2) is 0 Å². The van der Waals surface area contributed by atoms with Crippen LogP contribution in [0.1, 0.15) is 57.2 Å². The molecule has 0 bridgehead atoms. The number of aryl methyl sites for hydroxylation is 1. The van der Waals surface area contributed by atoms with Gasteiger partial charge in [-0.05, 0) is 47.0 Å². The SMILES string of the molecule is CC1(C)CN(c2nc3c(s2)CCCC3O)CC(C)(C)O1. The first kappa shape index (κ1) is 14.3. The molecule has 4 nitrogen and oxygen atoms in total. The zero-order valence-corrected chi connectivity index (χ0v) is 13.6. The number of morpholine rings is 1.